The molecule has 3 heteroatoms. The van der Waals surface area contributed by atoms with Gasteiger partial charge >= 0.3 is 0 Å². The van der Waals surface area contributed by atoms with Crippen molar-refractivity contribution in [3.05, 3.63) is 30.1 Å². The van der Waals surface area contributed by atoms with E-state index in [0.29, 0.717) is 6.04 Å². The minimum Gasteiger partial charge on any atom is -0.308 e. The fourth-order valence-corrected chi connectivity index (χ4v) is 3.59. The number of nitrogens with zero attached hydrogens (tertiary/aromatic N) is 2. The van der Waals surface area contributed by atoms with Crippen molar-refractivity contribution in [1.82, 2.24) is 15.2 Å². The molecule has 1 atom stereocenters. The van der Waals surface area contributed by atoms with Gasteiger partial charge in [0.1, 0.15) is 0 Å². The van der Waals surface area contributed by atoms with Crippen LogP contribution in [0.2, 0.25) is 0 Å². The molecule has 0 radical (unpaired) electrons. The number of pyridine rings is 1. The Morgan fingerprint density at radius 1 is 1.14 bits per heavy atom. The van der Waals surface area contributed by atoms with Gasteiger partial charge in [0.25, 0.3) is 0 Å². The van der Waals surface area contributed by atoms with Crippen LogP contribution in [0.4, 0.5) is 0 Å². The molecule has 1 N–H and O–H groups in total. The van der Waals surface area contributed by atoms with Gasteiger partial charge < -0.3 is 5.32 Å². The van der Waals surface area contributed by atoms with Gasteiger partial charge in [-0.25, -0.2) is 0 Å². The number of rotatable bonds is 10. The molecule has 0 spiro atoms. The molecule has 0 aliphatic heterocycles. The van der Waals surface area contributed by atoms with Gasteiger partial charge in [0.2, 0.25) is 0 Å². The Hall–Kier alpha value is -0.930. The van der Waals surface area contributed by atoms with E-state index in [4.69, 9.17) is 0 Å². The number of aromatic nitrogens is 1. The van der Waals surface area contributed by atoms with Gasteiger partial charge in [0, 0.05) is 17.9 Å². The third-order valence-electron chi connectivity index (χ3n) is 4.77. The largest absolute Gasteiger partial charge is 0.308 e. The molecule has 0 fully saturated rings. The fraction of sp³-hybridized carbons (Fsp3) is 0.722. The summed E-state index contributed by atoms with van der Waals surface area (Å²) < 4.78 is 0. The van der Waals surface area contributed by atoms with Crippen molar-refractivity contribution in [3.8, 4) is 0 Å². The van der Waals surface area contributed by atoms with E-state index in [0.717, 1.165) is 38.9 Å². The molecule has 21 heavy (non-hydrogen) atoms. The Labute approximate surface area is 131 Å². The Kier molecular flexibility index (Phi) is 7.91. The van der Waals surface area contributed by atoms with Crippen molar-refractivity contribution >= 4 is 0 Å². The summed E-state index contributed by atoms with van der Waals surface area (Å²) in [5.74, 6) is 0. The third kappa shape index (κ3) is 4.04. The summed E-state index contributed by atoms with van der Waals surface area (Å²) >= 11 is 0. The summed E-state index contributed by atoms with van der Waals surface area (Å²) in [7, 11) is 0. The molecule has 0 saturated carbocycles. The van der Waals surface area contributed by atoms with Crippen molar-refractivity contribution in [2.45, 2.75) is 65.5 Å². The summed E-state index contributed by atoms with van der Waals surface area (Å²) in [6.45, 7) is 14.6. The van der Waals surface area contributed by atoms with Crippen LogP contribution in [0.25, 0.3) is 0 Å². The molecule has 1 rings (SSSR count). The van der Waals surface area contributed by atoms with Crippen molar-refractivity contribution in [1.29, 1.82) is 0 Å². The second-order valence-electron chi connectivity index (χ2n) is 5.66. The predicted molar refractivity (Wildman–Crippen MR) is 91.5 cm³/mol. The number of likely N-dealkylation sites (N-methyl/N-ethyl adjacent to an activating group) is 1. The molecule has 0 bridgehead atoms. The van der Waals surface area contributed by atoms with Crippen molar-refractivity contribution in [3.63, 3.8) is 0 Å². The van der Waals surface area contributed by atoms with Gasteiger partial charge in [0.05, 0.1) is 6.04 Å². The quantitative estimate of drug-likeness (QED) is 0.705. The first kappa shape index (κ1) is 18.1. The Balaban J connectivity index is 3.23. The van der Waals surface area contributed by atoms with Gasteiger partial charge in [-0.2, -0.15) is 0 Å². The average Bonchev–Trinajstić information content (AvgIpc) is 2.55. The van der Waals surface area contributed by atoms with Gasteiger partial charge in [0.15, 0.2) is 0 Å². The molecule has 1 heterocycles. The maximum Gasteiger partial charge on any atom is 0.0522 e. The van der Waals surface area contributed by atoms with Crippen LogP contribution in [0, 0.1) is 0 Å². The van der Waals surface area contributed by atoms with Crippen LogP contribution in [0.1, 0.15) is 65.5 Å². The van der Waals surface area contributed by atoms with E-state index in [-0.39, 0.29) is 5.54 Å². The Morgan fingerprint density at radius 2 is 1.81 bits per heavy atom. The molecule has 1 unspecified atom stereocenters. The van der Waals surface area contributed by atoms with E-state index in [1.807, 2.05) is 18.5 Å². The fourth-order valence-electron chi connectivity index (χ4n) is 3.59. The van der Waals surface area contributed by atoms with Crippen LogP contribution in [0.15, 0.2) is 24.5 Å². The van der Waals surface area contributed by atoms with E-state index in [9.17, 15) is 0 Å². The third-order valence-corrected chi connectivity index (χ3v) is 4.77. The zero-order valence-electron chi connectivity index (χ0n) is 14.5. The first-order chi connectivity index (χ1) is 10.2. The molecule has 0 aliphatic rings. The molecule has 120 valence electrons. The second-order valence-corrected chi connectivity index (χ2v) is 5.66. The molecular formula is C18H33N3. The number of nitrogens with one attached hydrogen (secondary N) is 1. The summed E-state index contributed by atoms with van der Waals surface area (Å²) in [5, 5.41) is 3.80. The maximum atomic E-state index is 4.35. The second kappa shape index (κ2) is 9.16. The Morgan fingerprint density at radius 3 is 2.24 bits per heavy atom. The van der Waals surface area contributed by atoms with Gasteiger partial charge in [-0.15, -0.1) is 0 Å². The molecule has 1 aromatic heterocycles. The molecular weight excluding hydrogens is 258 g/mol. The van der Waals surface area contributed by atoms with Crippen LogP contribution < -0.4 is 5.32 Å². The van der Waals surface area contributed by atoms with Gasteiger partial charge in [-0.1, -0.05) is 40.7 Å². The van der Waals surface area contributed by atoms with E-state index < -0.39 is 0 Å². The van der Waals surface area contributed by atoms with Crippen molar-refractivity contribution < 1.29 is 0 Å². The average molecular weight is 291 g/mol. The minimum absolute atomic E-state index is 0.154. The normalized spacial score (nSPS) is 13.6. The van der Waals surface area contributed by atoms with Gasteiger partial charge in [-0.05, 0) is 50.5 Å². The zero-order valence-corrected chi connectivity index (χ0v) is 14.5. The summed E-state index contributed by atoms with van der Waals surface area (Å²) in [5.41, 5.74) is 1.46. The number of hydrogen-bond acceptors (Lipinski definition) is 3. The van der Waals surface area contributed by atoms with Crippen LogP contribution in [0.3, 0.4) is 0 Å². The number of hydrogen-bond donors (Lipinski definition) is 1. The summed E-state index contributed by atoms with van der Waals surface area (Å²) in [6, 6.07) is 4.60. The lowest BCUT2D eigenvalue weighted by Crippen LogP contribution is -2.56. The van der Waals surface area contributed by atoms with Gasteiger partial charge in [-0.3, -0.25) is 9.88 Å². The molecule has 3 nitrogen and oxygen atoms in total. The molecule has 1 aromatic rings. The van der Waals surface area contributed by atoms with E-state index in [1.165, 1.54) is 5.56 Å². The monoisotopic (exact) mass is 291 g/mol. The SMILES string of the molecule is CCCNC(c1cccnc1)C(CC)(CC)N(CC)CC. The highest BCUT2D eigenvalue weighted by atomic mass is 15.2. The maximum absolute atomic E-state index is 4.35. The molecule has 0 aromatic carbocycles. The zero-order chi connectivity index (χ0) is 15.7. The van der Waals surface area contributed by atoms with Crippen LogP contribution >= 0.6 is 0 Å². The lowest BCUT2D eigenvalue weighted by molar-refractivity contribution is 0.0486. The topological polar surface area (TPSA) is 28.2 Å². The van der Waals surface area contributed by atoms with Crippen LogP contribution in [-0.2, 0) is 0 Å². The van der Waals surface area contributed by atoms with Crippen LogP contribution in [0.5, 0.6) is 0 Å². The lowest BCUT2D eigenvalue weighted by Gasteiger charge is -2.48. The molecule has 0 amide bonds. The highest BCUT2D eigenvalue weighted by Gasteiger charge is 2.40. The molecule has 0 saturated heterocycles. The van der Waals surface area contributed by atoms with E-state index in [2.05, 4.69) is 55.9 Å². The van der Waals surface area contributed by atoms with E-state index in [1.54, 1.807) is 0 Å². The first-order valence-electron chi connectivity index (χ1n) is 8.58. The van der Waals surface area contributed by atoms with E-state index >= 15 is 0 Å². The molecule has 0 aliphatic carbocycles. The predicted octanol–water partition coefficient (Wildman–Crippen LogP) is 4.02. The smallest absolute Gasteiger partial charge is 0.0522 e. The highest BCUT2D eigenvalue weighted by molar-refractivity contribution is 5.20. The Bertz CT molecular complexity index is 369. The first-order valence-corrected chi connectivity index (χ1v) is 8.58. The highest BCUT2D eigenvalue weighted by Crippen LogP contribution is 2.37. The van der Waals surface area contributed by atoms with Crippen molar-refractivity contribution in [2.24, 2.45) is 0 Å². The van der Waals surface area contributed by atoms with Crippen LogP contribution in [-0.4, -0.2) is 35.1 Å². The lowest BCUT2D eigenvalue weighted by atomic mass is 9.79. The summed E-state index contributed by atoms with van der Waals surface area (Å²) in [4.78, 5) is 6.97. The standard InChI is InChI=1S/C18H33N3/c1-6-13-20-17(16-12-11-14-19-15-16)18(7-2,8-3)21(9-4)10-5/h11-12,14-15,17,20H,6-10,13H2,1-5H3. The summed E-state index contributed by atoms with van der Waals surface area (Å²) in [6.07, 6.45) is 7.32. The minimum atomic E-state index is 0.154. The van der Waals surface area contributed by atoms with Crippen molar-refractivity contribution in [2.75, 3.05) is 19.6 Å².